The Morgan fingerprint density at radius 1 is 1.69 bits per heavy atom. The number of carbonyl (C=O) groups is 1. The Balaban J connectivity index is 1.79. The molecule has 0 aliphatic carbocycles. The molecule has 0 spiro atoms. The van der Waals surface area contributed by atoms with Crippen LogP contribution in [0, 0.1) is 0 Å². The average molecular weight is 225 g/mol. The highest BCUT2D eigenvalue weighted by atomic mass is 16.6. The van der Waals surface area contributed by atoms with Crippen LogP contribution < -0.4 is 5.73 Å². The summed E-state index contributed by atoms with van der Waals surface area (Å²) in [6.45, 7) is 1.04. The van der Waals surface area contributed by atoms with Crippen molar-refractivity contribution in [2.75, 3.05) is 18.9 Å². The van der Waals surface area contributed by atoms with Gasteiger partial charge in [-0.25, -0.2) is 4.79 Å². The molecule has 0 saturated carbocycles. The van der Waals surface area contributed by atoms with E-state index < -0.39 is 5.97 Å². The molecule has 1 fully saturated rings. The van der Waals surface area contributed by atoms with Crippen molar-refractivity contribution in [2.24, 2.45) is 0 Å². The topological polar surface area (TPSA) is 90.2 Å². The lowest BCUT2D eigenvalue weighted by Gasteiger charge is -2.21. The summed E-state index contributed by atoms with van der Waals surface area (Å²) in [7, 11) is 0. The molecule has 1 aliphatic rings. The highest BCUT2D eigenvalue weighted by molar-refractivity contribution is 5.87. The van der Waals surface area contributed by atoms with Gasteiger partial charge in [-0.1, -0.05) is 0 Å². The van der Waals surface area contributed by atoms with E-state index in [1.54, 1.807) is 0 Å². The van der Waals surface area contributed by atoms with E-state index in [4.69, 9.17) is 15.2 Å². The summed E-state index contributed by atoms with van der Waals surface area (Å²) in [6, 6.07) is 1.45. The molecule has 6 nitrogen and oxygen atoms in total. The van der Waals surface area contributed by atoms with Crippen LogP contribution in [0.4, 0.5) is 5.82 Å². The van der Waals surface area contributed by atoms with Crippen molar-refractivity contribution in [1.29, 1.82) is 0 Å². The predicted molar refractivity (Wildman–Crippen MR) is 56.9 cm³/mol. The quantitative estimate of drug-likeness (QED) is 0.739. The number of esters is 1. The highest BCUT2D eigenvalue weighted by Gasteiger charge is 2.17. The Labute approximate surface area is 93.1 Å². The first-order valence-electron chi connectivity index (χ1n) is 5.35. The highest BCUT2D eigenvalue weighted by Crippen LogP contribution is 2.13. The number of aromatic amines is 1. The molecule has 2 heterocycles. The molecule has 1 aromatic heterocycles. The third-order valence-corrected chi connectivity index (χ3v) is 2.49. The Kier molecular flexibility index (Phi) is 3.40. The Morgan fingerprint density at radius 3 is 3.19 bits per heavy atom. The largest absolute Gasteiger partial charge is 0.458 e. The first kappa shape index (κ1) is 10.9. The van der Waals surface area contributed by atoms with Crippen molar-refractivity contribution in [3.8, 4) is 0 Å². The second-order valence-corrected chi connectivity index (χ2v) is 3.79. The smallest absolute Gasteiger partial charge is 0.356 e. The zero-order chi connectivity index (χ0) is 11.4. The zero-order valence-electron chi connectivity index (χ0n) is 8.94. The summed E-state index contributed by atoms with van der Waals surface area (Å²) in [5.41, 5.74) is 5.65. The third-order valence-electron chi connectivity index (χ3n) is 2.49. The predicted octanol–water partition coefficient (Wildman–Crippen LogP) is 0.718. The minimum atomic E-state index is -0.446. The van der Waals surface area contributed by atoms with E-state index in [0.717, 1.165) is 25.9 Å². The molecule has 1 aliphatic heterocycles. The zero-order valence-corrected chi connectivity index (χ0v) is 8.94. The summed E-state index contributed by atoms with van der Waals surface area (Å²) in [6.07, 6.45) is 3.18. The number of hydrogen-bond acceptors (Lipinski definition) is 5. The minimum Gasteiger partial charge on any atom is -0.458 e. The first-order chi connectivity index (χ1) is 7.75. The summed E-state index contributed by atoms with van der Waals surface area (Å²) in [4.78, 5) is 11.5. The molecule has 0 amide bonds. The van der Waals surface area contributed by atoms with Gasteiger partial charge in [-0.15, -0.1) is 0 Å². The van der Waals surface area contributed by atoms with Crippen LogP contribution in [0.5, 0.6) is 0 Å². The molecule has 88 valence electrons. The number of nitrogens with two attached hydrogens (primary N) is 1. The van der Waals surface area contributed by atoms with Crippen molar-refractivity contribution in [2.45, 2.75) is 25.4 Å². The van der Waals surface area contributed by atoms with E-state index >= 15 is 0 Å². The van der Waals surface area contributed by atoms with Crippen LogP contribution in [0.2, 0.25) is 0 Å². The molecule has 1 unspecified atom stereocenters. The summed E-state index contributed by atoms with van der Waals surface area (Å²) < 4.78 is 10.5. The standard InChI is InChI=1S/C10H15N3O3/c11-9-5-8(12-13-9)10(14)16-6-7-3-1-2-4-15-7/h5,7H,1-4,6H2,(H3,11,12,13). The fraction of sp³-hybridized carbons (Fsp3) is 0.600. The molecule has 1 aromatic rings. The lowest BCUT2D eigenvalue weighted by atomic mass is 10.1. The van der Waals surface area contributed by atoms with Crippen LogP contribution in [0.15, 0.2) is 6.07 Å². The number of carbonyl (C=O) groups excluding carboxylic acids is 1. The van der Waals surface area contributed by atoms with Crippen LogP contribution in [-0.4, -0.2) is 35.5 Å². The number of H-pyrrole nitrogens is 1. The Bertz CT molecular complexity index is 358. The molecule has 0 bridgehead atoms. The molecule has 1 atom stereocenters. The van der Waals surface area contributed by atoms with E-state index in [1.165, 1.54) is 6.07 Å². The number of rotatable bonds is 3. The van der Waals surface area contributed by atoms with Gasteiger partial charge in [-0.3, -0.25) is 5.10 Å². The van der Waals surface area contributed by atoms with Gasteiger partial charge in [0.25, 0.3) is 0 Å². The van der Waals surface area contributed by atoms with Gasteiger partial charge in [0.05, 0.1) is 6.10 Å². The summed E-state index contributed by atoms with van der Waals surface area (Å²) in [5.74, 6) is -0.167. The van der Waals surface area contributed by atoms with Gasteiger partial charge in [0.2, 0.25) is 0 Å². The minimum absolute atomic E-state index is 0.0259. The Morgan fingerprint density at radius 2 is 2.56 bits per heavy atom. The van der Waals surface area contributed by atoms with Crippen LogP contribution in [-0.2, 0) is 9.47 Å². The van der Waals surface area contributed by atoms with E-state index in [1.807, 2.05) is 0 Å². The van der Waals surface area contributed by atoms with Crippen molar-refractivity contribution >= 4 is 11.8 Å². The van der Waals surface area contributed by atoms with Gasteiger partial charge in [-0.05, 0) is 19.3 Å². The number of nitrogens with one attached hydrogen (secondary N) is 1. The number of nitrogens with zero attached hydrogens (tertiary/aromatic N) is 1. The van der Waals surface area contributed by atoms with Gasteiger partial charge in [-0.2, -0.15) is 5.10 Å². The molecule has 6 heteroatoms. The van der Waals surface area contributed by atoms with Gasteiger partial charge in [0.15, 0.2) is 0 Å². The number of nitrogen functional groups attached to an aromatic ring is 1. The van der Waals surface area contributed by atoms with Gasteiger partial charge < -0.3 is 15.2 Å². The van der Waals surface area contributed by atoms with Crippen LogP contribution >= 0.6 is 0 Å². The van der Waals surface area contributed by atoms with E-state index in [9.17, 15) is 4.79 Å². The van der Waals surface area contributed by atoms with Crippen molar-refractivity contribution in [3.05, 3.63) is 11.8 Å². The number of aromatic nitrogens is 2. The molecular formula is C10H15N3O3. The van der Waals surface area contributed by atoms with Crippen LogP contribution in [0.3, 0.4) is 0 Å². The van der Waals surface area contributed by atoms with Crippen molar-refractivity contribution in [1.82, 2.24) is 10.2 Å². The first-order valence-corrected chi connectivity index (χ1v) is 5.35. The summed E-state index contributed by atoms with van der Waals surface area (Å²) >= 11 is 0. The number of hydrogen-bond donors (Lipinski definition) is 2. The molecule has 0 aromatic carbocycles. The second-order valence-electron chi connectivity index (χ2n) is 3.79. The molecule has 2 rings (SSSR count). The van der Waals surface area contributed by atoms with Crippen LogP contribution in [0.25, 0.3) is 0 Å². The fourth-order valence-corrected chi connectivity index (χ4v) is 1.63. The second kappa shape index (κ2) is 4.98. The van der Waals surface area contributed by atoms with Gasteiger partial charge in [0, 0.05) is 12.7 Å². The van der Waals surface area contributed by atoms with E-state index in [-0.39, 0.29) is 24.2 Å². The van der Waals surface area contributed by atoms with Gasteiger partial charge in [0.1, 0.15) is 18.1 Å². The van der Waals surface area contributed by atoms with E-state index in [2.05, 4.69) is 10.2 Å². The van der Waals surface area contributed by atoms with Crippen molar-refractivity contribution < 1.29 is 14.3 Å². The SMILES string of the molecule is Nc1cc(C(=O)OCC2CCCCO2)[nH]n1. The fourth-order valence-electron chi connectivity index (χ4n) is 1.63. The Hall–Kier alpha value is -1.56. The molecular weight excluding hydrogens is 210 g/mol. The number of anilines is 1. The van der Waals surface area contributed by atoms with E-state index in [0.29, 0.717) is 0 Å². The molecule has 1 saturated heterocycles. The van der Waals surface area contributed by atoms with Gasteiger partial charge >= 0.3 is 5.97 Å². The van der Waals surface area contributed by atoms with Crippen molar-refractivity contribution in [3.63, 3.8) is 0 Å². The average Bonchev–Trinajstić information content (AvgIpc) is 2.74. The maximum atomic E-state index is 11.5. The molecule has 3 N–H and O–H groups in total. The monoisotopic (exact) mass is 225 g/mol. The summed E-state index contributed by atoms with van der Waals surface area (Å²) in [5, 5.41) is 6.16. The maximum absolute atomic E-state index is 11.5. The van der Waals surface area contributed by atoms with Crippen LogP contribution in [0.1, 0.15) is 29.8 Å². The lowest BCUT2D eigenvalue weighted by Crippen LogP contribution is -2.26. The normalized spacial score (nSPS) is 20.6. The molecule has 0 radical (unpaired) electrons. The maximum Gasteiger partial charge on any atom is 0.356 e. The molecule has 16 heavy (non-hydrogen) atoms. The number of ether oxygens (including phenoxy) is 2. The lowest BCUT2D eigenvalue weighted by molar-refractivity contribution is -0.0302. The third kappa shape index (κ3) is 2.73.